The first-order valence-electron chi connectivity index (χ1n) is 7.19. The van der Waals surface area contributed by atoms with E-state index in [4.69, 9.17) is 4.42 Å². The molecule has 2 aromatic rings. The average molecular weight is 327 g/mol. The van der Waals surface area contributed by atoms with E-state index < -0.39 is 11.9 Å². The lowest BCUT2D eigenvalue weighted by molar-refractivity contribution is -0.141. The second kappa shape index (κ2) is 6.15. The Bertz CT molecular complexity index is 651. The minimum absolute atomic E-state index is 0.137. The Hall–Kier alpha value is -2.16. The first kappa shape index (κ1) is 15.7. The molecule has 3 heterocycles. The van der Waals surface area contributed by atoms with E-state index in [1.165, 1.54) is 6.39 Å². The van der Waals surface area contributed by atoms with Crippen LogP contribution in [0.5, 0.6) is 0 Å². The number of hydrogen-bond donors (Lipinski definition) is 0. The molecule has 0 radical (unpaired) electrons. The van der Waals surface area contributed by atoms with Crippen LogP contribution in [0, 0.1) is 6.92 Å². The number of anilines is 1. The molecule has 2 aromatic heterocycles. The summed E-state index contributed by atoms with van der Waals surface area (Å²) < 4.78 is 43.5. The van der Waals surface area contributed by atoms with Gasteiger partial charge < -0.3 is 9.32 Å². The minimum Gasteiger partial charge on any atom is -0.451 e. The highest BCUT2D eigenvalue weighted by Gasteiger charge is 2.34. The van der Waals surface area contributed by atoms with Crippen molar-refractivity contribution in [1.29, 1.82) is 0 Å². The molecule has 124 valence electrons. The fourth-order valence-corrected chi connectivity index (χ4v) is 2.49. The van der Waals surface area contributed by atoms with Gasteiger partial charge in [-0.15, -0.1) is 0 Å². The van der Waals surface area contributed by atoms with Gasteiger partial charge in [0.15, 0.2) is 6.39 Å². The molecule has 0 spiro atoms. The van der Waals surface area contributed by atoms with Crippen molar-refractivity contribution in [2.45, 2.75) is 19.6 Å². The molecule has 1 saturated heterocycles. The highest BCUT2D eigenvalue weighted by atomic mass is 19.4. The number of nitrogens with zero attached hydrogens (tertiary/aromatic N) is 5. The second-order valence-corrected chi connectivity index (χ2v) is 5.44. The number of aromatic nitrogens is 3. The van der Waals surface area contributed by atoms with Gasteiger partial charge in [-0.2, -0.15) is 13.2 Å². The van der Waals surface area contributed by atoms with Crippen LogP contribution >= 0.6 is 0 Å². The number of halogens is 3. The summed E-state index contributed by atoms with van der Waals surface area (Å²) >= 11 is 0. The molecule has 6 nitrogen and oxygen atoms in total. The topological polar surface area (TPSA) is 58.3 Å². The van der Waals surface area contributed by atoms with Crippen molar-refractivity contribution in [3.63, 3.8) is 0 Å². The van der Waals surface area contributed by atoms with Gasteiger partial charge in [0.25, 0.3) is 0 Å². The van der Waals surface area contributed by atoms with Crippen molar-refractivity contribution in [2.24, 2.45) is 0 Å². The molecular weight excluding hydrogens is 311 g/mol. The first-order chi connectivity index (χ1) is 10.9. The Kier molecular flexibility index (Phi) is 4.20. The zero-order valence-electron chi connectivity index (χ0n) is 12.5. The molecule has 0 unspecified atom stereocenters. The van der Waals surface area contributed by atoms with Crippen LogP contribution in [-0.4, -0.2) is 46.0 Å². The number of aryl methyl sites for hydroxylation is 1. The minimum atomic E-state index is -4.46. The third-order valence-electron chi connectivity index (χ3n) is 3.66. The Morgan fingerprint density at radius 1 is 1.17 bits per heavy atom. The van der Waals surface area contributed by atoms with Crippen LogP contribution in [0.1, 0.15) is 17.1 Å². The maximum absolute atomic E-state index is 12.9. The Balaban J connectivity index is 1.66. The Labute approximate surface area is 131 Å². The van der Waals surface area contributed by atoms with Crippen LogP contribution in [-0.2, 0) is 12.7 Å². The maximum atomic E-state index is 12.9. The van der Waals surface area contributed by atoms with E-state index in [9.17, 15) is 13.2 Å². The molecule has 0 aromatic carbocycles. The van der Waals surface area contributed by atoms with Crippen molar-refractivity contribution in [1.82, 2.24) is 19.9 Å². The molecule has 0 aliphatic carbocycles. The number of hydrogen-bond acceptors (Lipinski definition) is 6. The lowest BCUT2D eigenvalue weighted by Gasteiger charge is -2.34. The van der Waals surface area contributed by atoms with Crippen LogP contribution in [0.15, 0.2) is 23.1 Å². The van der Waals surface area contributed by atoms with Gasteiger partial charge >= 0.3 is 6.18 Å². The van der Waals surface area contributed by atoms with Gasteiger partial charge in [-0.1, -0.05) is 0 Å². The Morgan fingerprint density at radius 2 is 1.91 bits per heavy atom. The third-order valence-corrected chi connectivity index (χ3v) is 3.66. The van der Waals surface area contributed by atoms with Crippen LogP contribution < -0.4 is 4.90 Å². The van der Waals surface area contributed by atoms with Gasteiger partial charge in [-0.25, -0.2) is 15.0 Å². The van der Waals surface area contributed by atoms with Gasteiger partial charge in [0.1, 0.15) is 12.0 Å². The fraction of sp³-hybridized carbons (Fsp3) is 0.500. The molecule has 1 fully saturated rings. The number of rotatable bonds is 3. The van der Waals surface area contributed by atoms with Gasteiger partial charge in [0.05, 0.1) is 5.69 Å². The van der Waals surface area contributed by atoms with Crippen LogP contribution in [0.2, 0.25) is 0 Å². The molecule has 0 saturated carbocycles. The summed E-state index contributed by atoms with van der Waals surface area (Å²) in [5.41, 5.74) is 0.252. The fourth-order valence-electron chi connectivity index (χ4n) is 2.49. The van der Waals surface area contributed by atoms with Crippen molar-refractivity contribution >= 4 is 5.95 Å². The predicted molar refractivity (Wildman–Crippen MR) is 75.8 cm³/mol. The molecule has 3 rings (SSSR count). The number of oxazole rings is 1. The molecule has 0 atom stereocenters. The molecular formula is C14H16F3N5O. The molecule has 1 aliphatic heterocycles. The highest BCUT2D eigenvalue weighted by molar-refractivity contribution is 5.33. The van der Waals surface area contributed by atoms with Gasteiger partial charge in [-0.3, -0.25) is 4.90 Å². The first-order valence-corrected chi connectivity index (χ1v) is 7.19. The molecule has 1 aliphatic rings. The van der Waals surface area contributed by atoms with Gasteiger partial charge in [-0.05, 0) is 13.0 Å². The van der Waals surface area contributed by atoms with E-state index in [0.717, 1.165) is 11.8 Å². The molecule has 0 amide bonds. The van der Waals surface area contributed by atoms with Crippen molar-refractivity contribution in [3.05, 3.63) is 35.8 Å². The van der Waals surface area contributed by atoms with Crippen molar-refractivity contribution in [2.75, 3.05) is 31.1 Å². The van der Waals surface area contributed by atoms with E-state index in [1.807, 2.05) is 0 Å². The second-order valence-electron chi connectivity index (χ2n) is 5.44. The van der Waals surface area contributed by atoms with Crippen molar-refractivity contribution in [3.8, 4) is 0 Å². The zero-order chi connectivity index (χ0) is 16.4. The van der Waals surface area contributed by atoms with E-state index in [2.05, 4.69) is 19.9 Å². The molecule has 9 heteroatoms. The summed E-state index contributed by atoms with van der Waals surface area (Å²) in [6.45, 7) is 4.74. The standard InChI is InChI=1S/C14H16F3N5O/c1-10-6-12(14(15,16)17)20-13(19-10)22-4-2-21(3-5-22)7-11-8-23-9-18-11/h6,8-9H,2-5,7H2,1H3. The van der Waals surface area contributed by atoms with Crippen LogP contribution in [0.25, 0.3) is 0 Å². The van der Waals surface area contributed by atoms with Gasteiger partial charge in [0, 0.05) is 38.4 Å². The zero-order valence-corrected chi connectivity index (χ0v) is 12.5. The van der Waals surface area contributed by atoms with Crippen molar-refractivity contribution < 1.29 is 17.6 Å². The normalized spacial score (nSPS) is 16.8. The third kappa shape index (κ3) is 3.79. The SMILES string of the molecule is Cc1cc(C(F)(F)F)nc(N2CCN(Cc3cocn3)CC2)n1. The predicted octanol–water partition coefficient (Wildman–Crippen LogP) is 2.11. The smallest absolute Gasteiger partial charge is 0.433 e. The van der Waals surface area contributed by atoms with Gasteiger partial charge in [0.2, 0.25) is 5.95 Å². The lowest BCUT2D eigenvalue weighted by atomic mass is 10.3. The largest absolute Gasteiger partial charge is 0.451 e. The molecule has 23 heavy (non-hydrogen) atoms. The summed E-state index contributed by atoms with van der Waals surface area (Å²) in [5.74, 6) is 0.137. The highest BCUT2D eigenvalue weighted by Crippen LogP contribution is 2.29. The van der Waals surface area contributed by atoms with E-state index in [1.54, 1.807) is 18.1 Å². The lowest BCUT2D eigenvalue weighted by Crippen LogP contribution is -2.46. The summed E-state index contributed by atoms with van der Waals surface area (Å²) in [7, 11) is 0. The van der Waals surface area contributed by atoms with E-state index in [-0.39, 0.29) is 5.95 Å². The van der Waals surface area contributed by atoms with Crippen LogP contribution in [0.4, 0.5) is 19.1 Å². The summed E-state index contributed by atoms with van der Waals surface area (Å²) in [5, 5.41) is 0. The monoisotopic (exact) mass is 327 g/mol. The summed E-state index contributed by atoms with van der Waals surface area (Å²) in [6.07, 6.45) is -1.49. The van der Waals surface area contributed by atoms with E-state index >= 15 is 0 Å². The summed E-state index contributed by atoms with van der Waals surface area (Å²) in [6, 6.07) is 0.963. The molecule has 0 N–H and O–H groups in total. The quantitative estimate of drug-likeness (QED) is 0.861. The number of piperazine rings is 1. The van der Waals surface area contributed by atoms with E-state index in [0.29, 0.717) is 38.4 Å². The maximum Gasteiger partial charge on any atom is 0.433 e. The average Bonchev–Trinajstić information content (AvgIpc) is 2.99. The Morgan fingerprint density at radius 3 is 2.52 bits per heavy atom. The summed E-state index contributed by atoms with van der Waals surface area (Å²) in [4.78, 5) is 15.8. The van der Waals surface area contributed by atoms with Crippen LogP contribution in [0.3, 0.4) is 0 Å². The number of alkyl halides is 3. The molecule has 0 bridgehead atoms.